The second kappa shape index (κ2) is 9.90. The van der Waals surface area contributed by atoms with Crippen molar-refractivity contribution >= 4 is 17.9 Å². The standard InChI is InChI=1S/C24H22N2O3/c1-18-8-7-9-19(16-18)14-15-23(27)25-26-24(28)17-29-22-13-6-5-12-21(22)20-10-3-2-4-11-20/h2-16H,17H2,1H3,(H,25,27)(H,26,28)/b15-14+. The lowest BCUT2D eigenvalue weighted by Crippen LogP contribution is -2.43. The van der Waals surface area contributed by atoms with Crippen molar-refractivity contribution < 1.29 is 14.3 Å². The number of nitrogens with one attached hydrogen (secondary N) is 2. The van der Waals surface area contributed by atoms with Crippen molar-refractivity contribution in [3.05, 3.63) is 96.1 Å². The van der Waals surface area contributed by atoms with E-state index in [1.807, 2.05) is 79.7 Å². The number of benzene rings is 3. The van der Waals surface area contributed by atoms with Crippen LogP contribution in [0.3, 0.4) is 0 Å². The van der Waals surface area contributed by atoms with Gasteiger partial charge in [-0.3, -0.25) is 20.4 Å². The molecule has 0 saturated carbocycles. The van der Waals surface area contributed by atoms with Crippen molar-refractivity contribution in [2.45, 2.75) is 6.92 Å². The third kappa shape index (κ3) is 6.07. The molecule has 5 nitrogen and oxygen atoms in total. The first kappa shape index (κ1) is 19.9. The number of carbonyl (C=O) groups is 2. The molecule has 2 N–H and O–H groups in total. The second-order valence-corrected chi connectivity index (χ2v) is 6.44. The summed E-state index contributed by atoms with van der Waals surface area (Å²) in [6, 6.07) is 25.0. The van der Waals surface area contributed by atoms with Gasteiger partial charge in [0.15, 0.2) is 6.61 Å². The minimum atomic E-state index is -0.454. The van der Waals surface area contributed by atoms with Crippen molar-refractivity contribution in [2.75, 3.05) is 6.61 Å². The second-order valence-electron chi connectivity index (χ2n) is 6.44. The first-order chi connectivity index (χ1) is 14.1. The Balaban J connectivity index is 1.50. The molecular weight excluding hydrogens is 364 g/mol. The van der Waals surface area contributed by atoms with Gasteiger partial charge in [-0.25, -0.2) is 0 Å². The Kier molecular flexibility index (Phi) is 6.79. The van der Waals surface area contributed by atoms with Gasteiger partial charge in [0.2, 0.25) is 0 Å². The summed E-state index contributed by atoms with van der Waals surface area (Å²) >= 11 is 0. The zero-order valence-corrected chi connectivity index (χ0v) is 16.1. The Morgan fingerprint density at radius 2 is 1.66 bits per heavy atom. The average Bonchev–Trinajstić information content (AvgIpc) is 2.75. The van der Waals surface area contributed by atoms with Gasteiger partial charge in [-0.1, -0.05) is 78.4 Å². The van der Waals surface area contributed by atoms with E-state index in [0.717, 1.165) is 22.3 Å². The fraction of sp³-hybridized carbons (Fsp3) is 0.0833. The summed E-state index contributed by atoms with van der Waals surface area (Å²) in [5.74, 6) is -0.283. The highest BCUT2D eigenvalue weighted by Crippen LogP contribution is 2.29. The van der Waals surface area contributed by atoms with Crippen LogP contribution in [-0.2, 0) is 9.59 Å². The fourth-order valence-electron chi connectivity index (χ4n) is 2.75. The number of ether oxygens (including phenoxy) is 1. The zero-order chi connectivity index (χ0) is 20.5. The summed E-state index contributed by atoms with van der Waals surface area (Å²) in [5.41, 5.74) is 8.60. The van der Waals surface area contributed by atoms with Gasteiger partial charge >= 0.3 is 0 Å². The summed E-state index contributed by atoms with van der Waals surface area (Å²) in [4.78, 5) is 23.9. The van der Waals surface area contributed by atoms with Crippen molar-refractivity contribution in [2.24, 2.45) is 0 Å². The van der Waals surface area contributed by atoms with Gasteiger partial charge in [-0.15, -0.1) is 0 Å². The Hall–Kier alpha value is -3.86. The number of aryl methyl sites for hydroxylation is 1. The third-order valence-corrected chi connectivity index (χ3v) is 4.13. The Morgan fingerprint density at radius 1 is 0.897 bits per heavy atom. The molecule has 5 heteroatoms. The molecule has 0 aliphatic rings. The van der Waals surface area contributed by atoms with Gasteiger partial charge < -0.3 is 4.74 Å². The Morgan fingerprint density at radius 3 is 2.45 bits per heavy atom. The van der Waals surface area contributed by atoms with Crippen LogP contribution in [0.1, 0.15) is 11.1 Å². The lowest BCUT2D eigenvalue weighted by Gasteiger charge is -2.12. The van der Waals surface area contributed by atoms with Gasteiger partial charge in [-0.05, 0) is 30.2 Å². The van der Waals surface area contributed by atoms with E-state index in [4.69, 9.17) is 4.74 Å². The summed E-state index contributed by atoms with van der Waals surface area (Å²) in [5, 5.41) is 0. The maximum absolute atomic E-state index is 12.0. The smallest absolute Gasteiger partial charge is 0.276 e. The Bertz CT molecular complexity index is 1010. The van der Waals surface area contributed by atoms with E-state index < -0.39 is 11.8 Å². The lowest BCUT2D eigenvalue weighted by molar-refractivity contribution is -0.128. The first-order valence-electron chi connectivity index (χ1n) is 9.22. The van der Waals surface area contributed by atoms with E-state index in [1.165, 1.54) is 6.08 Å². The average molecular weight is 386 g/mol. The van der Waals surface area contributed by atoms with Crippen molar-refractivity contribution in [1.82, 2.24) is 10.9 Å². The molecule has 0 spiro atoms. The number of hydrogen-bond donors (Lipinski definition) is 2. The summed E-state index contributed by atoms with van der Waals surface area (Å²) < 4.78 is 5.65. The van der Waals surface area contributed by atoms with Gasteiger partial charge in [0.05, 0.1) is 0 Å². The van der Waals surface area contributed by atoms with Crippen LogP contribution in [0.4, 0.5) is 0 Å². The van der Waals surface area contributed by atoms with Crippen LogP contribution in [-0.4, -0.2) is 18.4 Å². The summed E-state index contributed by atoms with van der Waals surface area (Å²) in [6.45, 7) is 1.76. The van der Waals surface area contributed by atoms with Crippen LogP contribution < -0.4 is 15.6 Å². The maximum atomic E-state index is 12.0. The molecule has 0 unspecified atom stereocenters. The molecule has 0 heterocycles. The normalized spacial score (nSPS) is 10.5. The van der Waals surface area contributed by atoms with Gasteiger partial charge in [0, 0.05) is 11.6 Å². The van der Waals surface area contributed by atoms with Crippen LogP contribution in [0, 0.1) is 6.92 Å². The number of rotatable bonds is 6. The number of hydrazine groups is 1. The highest BCUT2D eigenvalue weighted by molar-refractivity contribution is 5.93. The predicted octanol–water partition coefficient (Wildman–Crippen LogP) is 3.90. The predicted molar refractivity (Wildman–Crippen MR) is 114 cm³/mol. The van der Waals surface area contributed by atoms with Crippen LogP contribution in [0.15, 0.2) is 84.9 Å². The monoisotopic (exact) mass is 386 g/mol. The maximum Gasteiger partial charge on any atom is 0.276 e. The number of para-hydroxylation sites is 1. The minimum absolute atomic E-state index is 0.217. The van der Waals surface area contributed by atoms with Crippen LogP contribution >= 0.6 is 0 Å². The van der Waals surface area contributed by atoms with Crippen LogP contribution in [0.25, 0.3) is 17.2 Å². The van der Waals surface area contributed by atoms with E-state index in [2.05, 4.69) is 10.9 Å². The van der Waals surface area contributed by atoms with Crippen LogP contribution in [0.2, 0.25) is 0 Å². The molecule has 0 aliphatic carbocycles. The summed E-state index contributed by atoms with van der Waals surface area (Å²) in [7, 11) is 0. The van der Waals surface area contributed by atoms with Crippen molar-refractivity contribution in [3.63, 3.8) is 0 Å². The van der Waals surface area contributed by atoms with E-state index in [9.17, 15) is 9.59 Å². The van der Waals surface area contributed by atoms with E-state index in [0.29, 0.717) is 5.75 Å². The van der Waals surface area contributed by atoms with Gasteiger partial charge in [-0.2, -0.15) is 0 Å². The van der Waals surface area contributed by atoms with E-state index in [-0.39, 0.29) is 6.61 Å². The quantitative estimate of drug-likeness (QED) is 0.499. The van der Waals surface area contributed by atoms with Gasteiger partial charge in [0.1, 0.15) is 5.75 Å². The molecular formula is C24H22N2O3. The SMILES string of the molecule is Cc1cccc(/C=C/C(=O)NNC(=O)COc2ccccc2-c2ccccc2)c1. The van der Waals surface area contributed by atoms with E-state index in [1.54, 1.807) is 12.1 Å². The number of amides is 2. The molecule has 2 amide bonds. The van der Waals surface area contributed by atoms with E-state index >= 15 is 0 Å². The van der Waals surface area contributed by atoms with Gasteiger partial charge in [0.25, 0.3) is 11.8 Å². The Labute approximate surface area is 170 Å². The van der Waals surface area contributed by atoms with Crippen LogP contribution in [0.5, 0.6) is 5.75 Å². The molecule has 0 saturated heterocycles. The molecule has 0 radical (unpaired) electrons. The molecule has 3 aromatic rings. The zero-order valence-electron chi connectivity index (χ0n) is 16.1. The topological polar surface area (TPSA) is 67.4 Å². The summed E-state index contributed by atoms with van der Waals surface area (Å²) in [6.07, 6.45) is 3.04. The largest absolute Gasteiger partial charge is 0.483 e. The minimum Gasteiger partial charge on any atom is -0.483 e. The lowest BCUT2D eigenvalue weighted by atomic mass is 10.1. The van der Waals surface area contributed by atoms with Crippen molar-refractivity contribution in [1.29, 1.82) is 0 Å². The molecule has 3 aromatic carbocycles. The molecule has 146 valence electrons. The first-order valence-corrected chi connectivity index (χ1v) is 9.22. The molecule has 0 bridgehead atoms. The molecule has 0 aliphatic heterocycles. The molecule has 3 rings (SSSR count). The molecule has 0 aromatic heterocycles. The molecule has 0 atom stereocenters. The number of carbonyl (C=O) groups excluding carboxylic acids is 2. The molecule has 29 heavy (non-hydrogen) atoms. The number of hydrogen-bond acceptors (Lipinski definition) is 3. The highest BCUT2D eigenvalue weighted by Gasteiger charge is 2.08. The fourth-order valence-corrected chi connectivity index (χ4v) is 2.75. The third-order valence-electron chi connectivity index (χ3n) is 4.13. The molecule has 0 fully saturated rings. The van der Waals surface area contributed by atoms with Crippen molar-refractivity contribution in [3.8, 4) is 16.9 Å². The highest BCUT2D eigenvalue weighted by atomic mass is 16.5.